The van der Waals surface area contributed by atoms with Crippen LogP contribution in [0.15, 0.2) is 18.2 Å². The molecule has 3 atom stereocenters. The predicted octanol–water partition coefficient (Wildman–Crippen LogP) is 3.14. The van der Waals surface area contributed by atoms with E-state index in [0.29, 0.717) is 24.5 Å². The van der Waals surface area contributed by atoms with Crippen LogP contribution in [0.3, 0.4) is 0 Å². The highest BCUT2D eigenvalue weighted by atomic mass is 16.5. The summed E-state index contributed by atoms with van der Waals surface area (Å²) in [5, 5.41) is 11.2. The van der Waals surface area contributed by atoms with Gasteiger partial charge in [0.15, 0.2) is 0 Å². The Morgan fingerprint density at radius 3 is 2.68 bits per heavy atom. The molecule has 6 nitrogen and oxygen atoms in total. The van der Waals surface area contributed by atoms with E-state index >= 15 is 0 Å². The maximum absolute atomic E-state index is 12.4. The van der Waals surface area contributed by atoms with Gasteiger partial charge in [-0.1, -0.05) is 12.8 Å². The lowest BCUT2D eigenvalue weighted by Gasteiger charge is -2.52. The van der Waals surface area contributed by atoms with Gasteiger partial charge in [-0.25, -0.2) is 4.79 Å². The molecule has 3 unspecified atom stereocenters. The van der Waals surface area contributed by atoms with Crippen LogP contribution < -0.4 is 9.47 Å². The van der Waals surface area contributed by atoms with Crippen LogP contribution in [0.1, 0.15) is 43.7 Å². The first-order chi connectivity index (χ1) is 12.0. The number of aliphatic hydroxyl groups is 1. The first kappa shape index (κ1) is 17.9. The number of carbonyl (C=O) groups is 1. The van der Waals surface area contributed by atoms with Gasteiger partial charge in [-0.05, 0) is 37.5 Å². The van der Waals surface area contributed by atoms with Crippen LogP contribution in [0.25, 0.3) is 0 Å². The van der Waals surface area contributed by atoms with Gasteiger partial charge in [0, 0.05) is 18.0 Å². The third-order valence-corrected chi connectivity index (χ3v) is 5.73. The highest BCUT2D eigenvalue weighted by molar-refractivity contribution is 5.69. The molecule has 3 rings (SSSR count). The Morgan fingerprint density at radius 1 is 1.20 bits per heavy atom. The van der Waals surface area contributed by atoms with Gasteiger partial charge in [0.05, 0.1) is 33.0 Å². The topological polar surface area (TPSA) is 68.2 Å². The Bertz CT molecular complexity index is 634. The minimum atomic E-state index is -0.748. The van der Waals surface area contributed by atoms with E-state index in [0.717, 1.165) is 31.2 Å². The second kappa shape index (κ2) is 7.12. The highest BCUT2D eigenvalue weighted by Gasteiger charge is 2.51. The summed E-state index contributed by atoms with van der Waals surface area (Å²) in [6.45, 7) is 0.463. The van der Waals surface area contributed by atoms with Crippen LogP contribution >= 0.6 is 0 Å². The Balaban J connectivity index is 2.10. The number of ether oxygens (including phenoxy) is 3. The second-order valence-electron chi connectivity index (χ2n) is 6.92. The molecule has 1 amide bonds. The normalized spacial score (nSPS) is 28.9. The fraction of sp³-hybridized carbons (Fsp3) is 0.632. The second-order valence-corrected chi connectivity index (χ2v) is 6.92. The minimum absolute atomic E-state index is 0.0462. The van der Waals surface area contributed by atoms with Crippen molar-refractivity contribution in [1.29, 1.82) is 0 Å². The number of methoxy groups -OCH3 is 3. The molecule has 25 heavy (non-hydrogen) atoms. The number of likely N-dealkylation sites (tertiary alicyclic amines) is 1. The van der Waals surface area contributed by atoms with Crippen molar-refractivity contribution in [2.24, 2.45) is 5.92 Å². The Hall–Kier alpha value is -1.95. The number of amides is 1. The van der Waals surface area contributed by atoms with Crippen molar-refractivity contribution >= 4 is 6.09 Å². The number of rotatable bonds is 3. The average Bonchev–Trinajstić information content (AvgIpc) is 2.65. The summed E-state index contributed by atoms with van der Waals surface area (Å²) in [6.07, 6.45) is 3.92. The lowest BCUT2D eigenvalue weighted by molar-refractivity contribution is -0.118. The Kier molecular flexibility index (Phi) is 5.08. The van der Waals surface area contributed by atoms with E-state index in [2.05, 4.69) is 0 Å². The predicted molar refractivity (Wildman–Crippen MR) is 92.9 cm³/mol. The molecule has 138 valence electrons. The van der Waals surface area contributed by atoms with Gasteiger partial charge in [-0.2, -0.15) is 0 Å². The first-order valence-corrected chi connectivity index (χ1v) is 8.83. The Morgan fingerprint density at radius 2 is 2.00 bits per heavy atom. The van der Waals surface area contributed by atoms with E-state index in [9.17, 15) is 9.90 Å². The molecular formula is C19H27NO5. The molecule has 6 heteroatoms. The molecule has 1 aliphatic heterocycles. The van der Waals surface area contributed by atoms with Gasteiger partial charge in [-0.3, -0.25) is 0 Å². The fourth-order valence-corrected chi connectivity index (χ4v) is 4.46. The molecule has 1 heterocycles. The van der Waals surface area contributed by atoms with Gasteiger partial charge in [-0.15, -0.1) is 0 Å². The largest absolute Gasteiger partial charge is 0.497 e. The van der Waals surface area contributed by atoms with Crippen molar-refractivity contribution < 1.29 is 24.1 Å². The number of hydrogen-bond donors (Lipinski definition) is 1. The summed E-state index contributed by atoms with van der Waals surface area (Å²) >= 11 is 0. The van der Waals surface area contributed by atoms with Crippen molar-refractivity contribution in [3.63, 3.8) is 0 Å². The zero-order valence-electron chi connectivity index (χ0n) is 15.2. The summed E-state index contributed by atoms with van der Waals surface area (Å²) in [4.78, 5) is 14.2. The number of piperidine rings is 1. The van der Waals surface area contributed by atoms with Crippen molar-refractivity contribution in [2.75, 3.05) is 27.9 Å². The van der Waals surface area contributed by atoms with Gasteiger partial charge >= 0.3 is 6.09 Å². The van der Waals surface area contributed by atoms with E-state index in [1.807, 2.05) is 18.2 Å². The minimum Gasteiger partial charge on any atom is -0.497 e. The van der Waals surface area contributed by atoms with Crippen LogP contribution in [-0.2, 0) is 4.74 Å². The quantitative estimate of drug-likeness (QED) is 0.908. The molecule has 2 aliphatic rings. The zero-order valence-corrected chi connectivity index (χ0v) is 15.2. The fourth-order valence-electron chi connectivity index (χ4n) is 4.46. The van der Waals surface area contributed by atoms with E-state index in [1.165, 1.54) is 7.11 Å². The molecule has 0 bridgehead atoms. The molecule has 1 aliphatic carbocycles. The van der Waals surface area contributed by atoms with Crippen LogP contribution in [0.2, 0.25) is 0 Å². The molecule has 0 aromatic heterocycles. The highest BCUT2D eigenvalue weighted by Crippen LogP contribution is 2.51. The number of benzene rings is 1. The molecule has 1 saturated carbocycles. The molecular weight excluding hydrogens is 322 g/mol. The molecule has 0 radical (unpaired) electrons. The van der Waals surface area contributed by atoms with E-state index in [1.54, 1.807) is 19.1 Å². The summed E-state index contributed by atoms with van der Waals surface area (Å²) in [5.74, 6) is 1.34. The van der Waals surface area contributed by atoms with Crippen molar-refractivity contribution in [1.82, 2.24) is 4.90 Å². The van der Waals surface area contributed by atoms with Crippen molar-refractivity contribution in [2.45, 2.75) is 43.7 Å². The van der Waals surface area contributed by atoms with Gasteiger partial charge < -0.3 is 24.2 Å². The van der Waals surface area contributed by atoms with Gasteiger partial charge in [0.1, 0.15) is 11.5 Å². The van der Waals surface area contributed by atoms with Gasteiger partial charge in [0.2, 0.25) is 0 Å². The summed E-state index contributed by atoms with van der Waals surface area (Å²) < 4.78 is 15.9. The number of fused-ring (bicyclic) bond motifs is 1. The van der Waals surface area contributed by atoms with Crippen molar-refractivity contribution in [3.05, 3.63) is 23.8 Å². The first-order valence-electron chi connectivity index (χ1n) is 8.83. The zero-order chi connectivity index (χ0) is 18.0. The lowest BCUT2D eigenvalue weighted by Crippen LogP contribution is -2.56. The summed E-state index contributed by atoms with van der Waals surface area (Å²) in [5.41, 5.74) is 0.110. The van der Waals surface area contributed by atoms with Crippen LogP contribution in [0.4, 0.5) is 4.79 Å². The molecule has 1 N–H and O–H groups in total. The Labute approximate surface area is 148 Å². The SMILES string of the molecule is COC(=O)N1CCC2(O)CCCCC2C1c1cc(OC)ccc1OC. The number of nitrogens with zero attached hydrogens (tertiary/aromatic N) is 1. The van der Waals surface area contributed by atoms with Crippen LogP contribution in [0.5, 0.6) is 11.5 Å². The maximum Gasteiger partial charge on any atom is 0.410 e. The maximum atomic E-state index is 12.4. The van der Waals surface area contributed by atoms with Crippen molar-refractivity contribution in [3.8, 4) is 11.5 Å². The molecule has 1 aromatic carbocycles. The lowest BCUT2D eigenvalue weighted by atomic mass is 9.66. The standard InChI is InChI=1S/C19H27NO5/c1-23-13-7-8-16(24-2)14(12-13)17-15-6-4-5-9-19(15,22)10-11-20(17)18(21)25-3/h7-8,12,15,17,22H,4-6,9-11H2,1-3H3. The van der Waals surface area contributed by atoms with E-state index in [4.69, 9.17) is 14.2 Å². The summed E-state index contributed by atoms with van der Waals surface area (Å²) in [7, 11) is 4.62. The molecule has 1 aromatic rings. The van der Waals surface area contributed by atoms with Crippen LogP contribution in [-0.4, -0.2) is 49.6 Å². The van der Waals surface area contributed by atoms with E-state index in [-0.39, 0.29) is 18.1 Å². The smallest absolute Gasteiger partial charge is 0.410 e. The average molecular weight is 349 g/mol. The van der Waals surface area contributed by atoms with Crippen LogP contribution in [0, 0.1) is 5.92 Å². The number of hydrogen-bond acceptors (Lipinski definition) is 5. The van der Waals surface area contributed by atoms with Gasteiger partial charge in [0.25, 0.3) is 0 Å². The number of carbonyl (C=O) groups excluding carboxylic acids is 1. The molecule has 0 spiro atoms. The third-order valence-electron chi connectivity index (χ3n) is 5.73. The molecule has 1 saturated heterocycles. The summed E-state index contributed by atoms with van der Waals surface area (Å²) in [6, 6.07) is 5.29. The monoisotopic (exact) mass is 349 g/mol. The third kappa shape index (κ3) is 3.15. The molecule has 2 fully saturated rings. The van der Waals surface area contributed by atoms with E-state index < -0.39 is 5.60 Å².